The third-order valence-corrected chi connectivity index (χ3v) is 6.28. The Balaban J connectivity index is 1.46. The van der Waals surface area contributed by atoms with Gasteiger partial charge in [-0.2, -0.15) is 0 Å². The van der Waals surface area contributed by atoms with E-state index in [0.29, 0.717) is 18.0 Å². The number of likely N-dealkylation sites (tertiary alicyclic amines) is 1. The van der Waals surface area contributed by atoms with E-state index >= 15 is 0 Å². The van der Waals surface area contributed by atoms with Crippen LogP contribution in [-0.2, 0) is 6.54 Å². The number of aromatic nitrogens is 1. The number of thiazole rings is 1. The van der Waals surface area contributed by atoms with Crippen LogP contribution in [0.2, 0.25) is 0 Å². The Morgan fingerprint density at radius 2 is 1.96 bits per heavy atom. The number of piperidine rings is 1. The second-order valence-corrected chi connectivity index (χ2v) is 8.18. The number of carbonyl (C=O) groups is 1. The number of hydrogen-bond donors (Lipinski definition) is 1. The van der Waals surface area contributed by atoms with Crippen molar-refractivity contribution in [3.63, 3.8) is 0 Å². The fourth-order valence-electron chi connectivity index (χ4n) is 3.40. The Morgan fingerprint density at radius 1 is 1.22 bits per heavy atom. The van der Waals surface area contributed by atoms with Crippen LogP contribution in [0.5, 0.6) is 0 Å². The van der Waals surface area contributed by atoms with Crippen molar-refractivity contribution in [2.75, 3.05) is 20.1 Å². The van der Waals surface area contributed by atoms with Crippen LogP contribution in [0.15, 0.2) is 42.5 Å². The fraction of sp³-hybridized carbons (Fsp3) is 0.333. The van der Waals surface area contributed by atoms with E-state index in [4.69, 9.17) is 4.98 Å². The van der Waals surface area contributed by atoms with E-state index in [-0.39, 0.29) is 11.7 Å². The van der Waals surface area contributed by atoms with Crippen molar-refractivity contribution in [3.8, 4) is 0 Å². The van der Waals surface area contributed by atoms with Crippen LogP contribution in [-0.4, -0.2) is 35.9 Å². The molecule has 1 fully saturated rings. The van der Waals surface area contributed by atoms with Gasteiger partial charge < -0.3 is 10.2 Å². The minimum atomic E-state index is -0.277. The molecule has 27 heavy (non-hydrogen) atoms. The van der Waals surface area contributed by atoms with Gasteiger partial charge in [0.15, 0.2) is 0 Å². The van der Waals surface area contributed by atoms with Gasteiger partial charge in [0.1, 0.15) is 5.82 Å². The Bertz CT molecular complexity index is 946. The van der Waals surface area contributed by atoms with Gasteiger partial charge in [-0.15, -0.1) is 11.3 Å². The summed E-state index contributed by atoms with van der Waals surface area (Å²) < 4.78 is 14.0. The van der Waals surface area contributed by atoms with Gasteiger partial charge in [0.2, 0.25) is 0 Å². The normalized spacial score (nSPS) is 15.9. The summed E-state index contributed by atoms with van der Waals surface area (Å²) in [6.07, 6.45) is 2.28. The van der Waals surface area contributed by atoms with E-state index in [2.05, 4.69) is 17.3 Å². The van der Waals surface area contributed by atoms with Crippen LogP contribution in [0, 0.1) is 5.82 Å². The number of nitrogens with zero attached hydrogens (tertiary/aromatic N) is 2. The molecule has 1 saturated heterocycles. The Morgan fingerprint density at radius 3 is 2.70 bits per heavy atom. The largest absolute Gasteiger partial charge is 0.348 e. The summed E-state index contributed by atoms with van der Waals surface area (Å²) in [5.41, 5.74) is 2.46. The van der Waals surface area contributed by atoms with Crippen molar-refractivity contribution in [1.29, 1.82) is 0 Å². The zero-order valence-corrected chi connectivity index (χ0v) is 16.1. The van der Waals surface area contributed by atoms with Gasteiger partial charge >= 0.3 is 0 Å². The van der Waals surface area contributed by atoms with Gasteiger partial charge in [-0.25, -0.2) is 9.37 Å². The summed E-state index contributed by atoms with van der Waals surface area (Å²) in [6, 6.07) is 11.8. The molecule has 0 unspecified atom stereocenters. The molecular formula is C21H22FN3OS. The van der Waals surface area contributed by atoms with E-state index in [0.717, 1.165) is 41.7 Å². The molecule has 4 rings (SSSR count). The molecule has 6 heteroatoms. The number of halogens is 1. The van der Waals surface area contributed by atoms with Gasteiger partial charge in [-0.1, -0.05) is 12.1 Å². The molecule has 3 aromatic rings. The minimum Gasteiger partial charge on any atom is -0.348 e. The van der Waals surface area contributed by atoms with Crippen LogP contribution >= 0.6 is 11.3 Å². The molecule has 140 valence electrons. The van der Waals surface area contributed by atoms with Crippen molar-refractivity contribution >= 4 is 27.5 Å². The monoisotopic (exact) mass is 383 g/mol. The maximum absolute atomic E-state index is 13.0. The maximum atomic E-state index is 13.0. The van der Waals surface area contributed by atoms with Gasteiger partial charge in [0, 0.05) is 18.0 Å². The molecule has 1 aliphatic rings. The predicted octanol–water partition coefficient (Wildman–Crippen LogP) is 4.17. The lowest BCUT2D eigenvalue weighted by atomic mass is 9.98. The number of hydrogen-bond acceptors (Lipinski definition) is 4. The lowest BCUT2D eigenvalue weighted by Crippen LogP contribution is -2.29. The Labute approximate surface area is 162 Å². The SMILES string of the molecule is CN1CCC(c2nc3ccc(C(=O)NCc4ccc(F)cc4)cc3s2)CC1. The molecule has 4 nitrogen and oxygen atoms in total. The number of carbonyl (C=O) groups excluding carboxylic acids is 1. The molecule has 0 bridgehead atoms. The quantitative estimate of drug-likeness (QED) is 0.735. The summed E-state index contributed by atoms with van der Waals surface area (Å²) in [6.45, 7) is 2.59. The minimum absolute atomic E-state index is 0.129. The van der Waals surface area contributed by atoms with Crippen molar-refractivity contribution in [2.45, 2.75) is 25.3 Å². The average Bonchev–Trinajstić information content (AvgIpc) is 3.11. The molecule has 2 aromatic carbocycles. The highest BCUT2D eigenvalue weighted by Gasteiger charge is 2.21. The Kier molecular flexibility index (Phi) is 5.18. The van der Waals surface area contributed by atoms with Gasteiger partial charge in [-0.05, 0) is 68.9 Å². The third kappa shape index (κ3) is 4.17. The van der Waals surface area contributed by atoms with Crippen LogP contribution < -0.4 is 5.32 Å². The molecule has 1 aromatic heterocycles. The van der Waals surface area contributed by atoms with Gasteiger partial charge in [-0.3, -0.25) is 4.79 Å². The number of benzene rings is 2. The van der Waals surface area contributed by atoms with E-state index < -0.39 is 0 Å². The summed E-state index contributed by atoms with van der Waals surface area (Å²) in [7, 11) is 2.16. The van der Waals surface area contributed by atoms with Crippen LogP contribution in [0.25, 0.3) is 10.2 Å². The molecule has 0 spiro atoms. The molecule has 0 aliphatic carbocycles. The highest BCUT2D eigenvalue weighted by Crippen LogP contribution is 2.33. The lowest BCUT2D eigenvalue weighted by Gasteiger charge is -2.27. The van der Waals surface area contributed by atoms with Crippen molar-refractivity contribution < 1.29 is 9.18 Å². The van der Waals surface area contributed by atoms with Crippen molar-refractivity contribution in [3.05, 3.63) is 64.4 Å². The molecule has 0 saturated carbocycles. The van der Waals surface area contributed by atoms with E-state index in [1.807, 2.05) is 18.2 Å². The first-order valence-electron chi connectivity index (χ1n) is 9.20. The molecule has 0 atom stereocenters. The van der Waals surface area contributed by atoms with Crippen LogP contribution in [0.3, 0.4) is 0 Å². The topological polar surface area (TPSA) is 45.2 Å². The number of amides is 1. The molecule has 1 N–H and O–H groups in total. The molecule has 1 amide bonds. The van der Waals surface area contributed by atoms with Crippen LogP contribution in [0.1, 0.15) is 39.7 Å². The summed E-state index contributed by atoms with van der Waals surface area (Å²) in [5, 5.41) is 4.07. The molecular weight excluding hydrogens is 361 g/mol. The molecule has 0 radical (unpaired) electrons. The smallest absolute Gasteiger partial charge is 0.251 e. The van der Waals surface area contributed by atoms with Crippen molar-refractivity contribution in [1.82, 2.24) is 15.2 Å². The standard InChI is InChI=1S/C21H22FN3OS/c1-25-10-8-15(9-11-25)21-24-18-7-4-16(12-19(18)27-21)20(26)23-13-14-2-5-17(22)6-3-14/h2-7,12,15H,8-11,13H2,1H3,(H,23,26). The van der Waals surface area contributed by atoms with Gasteiger partial charge in [0.25, 0.3) is 5.91 Å². The number of fused-ring (bicyclic) bond motifs is 1. The highest BCUT2D eigenvalue weighted by atomic mass is 32.1. The van der Waals surface area contributed by atoms with Crippen molar-refractivity contribution in [2.24, 2.45) is 0 Å². The second kappa shape index (κ2) is 7.74. The maximum Gasteiger partial charge on any atom is 0.251 e. The summed E-state index contributed by atoms with van der Waals surface area (Å²) in [4.78, 5) is 19.6. The lowest BCUT2D eigenvalue weighted by molar-refractivity contribution is 0.0951. The molecule has 1 aliphatic heterocycles. The fourth-order valence-corrected chi connectivity index (χ4v) is 4.58. The number of rotatable bonds is 4. The Hall–Kier alpha value is -2.31. The third-order valence-electron chi connectivity index (χ3n) is 5.10. The second-order valence-electron chi connectivity index (χ2n) is 7.12. The first kappa shape index (κ1) is 18.1. The first-order valence-corrected chi connectivity index (χ1v) is 10.0. The van der Waals surface area contributed by atoms with E-state index in [1.165, 1.54) is 17.1 Å². The van der Waals surface area contributed by atoms with Crippen LogP contribution in [0.4, 0.5) is 4.39 Å². The highest BCUT2D eigenvalue weighted by molar-refractivity contribution is 7.18. The van der Waals surface area contributed by atoms with E-state index in [1.54, 1.807) is 23.5 Å². The summed E-state index contributed by atoms with van der Waals surface area (Å²) in [5.74, 6) is 0.117. The zero-order chi connectivity index (χ0) is 18.8. The zero-order valence-electron chi connectivity index (χ0n) is 15.2. The predicted molar refractivity (Wildman–Crippen MR) is 107 cm³/mol. The van der Waals surface area contributed by atoms with Gasteiger partial charge in [0.05, 0.1) is 15.2 Å². The first-order chi connectivity index (χ1) is 13.1. The number of nitrogens with one attached hydrogen (secondary N) is 1. The summed E-state index contributed by atoms with van der Waals surface area (Å²) >= 11 is 1.70. The molecule has 2 heterocycles. The van der Waals surface area contributed by atoms with E-state index in [9.17, 15) is 9.18 Å². The average molecular weight is 383 g/mol.